The molecule has 2 aromatic carbocycles. The topological polar surface area (TPSA) is 25.8 Å². The second-order valence-electron chi connectivity index (χ2n) is 9.36. The average molecular weight is 369 g/mol. The van der Waals surface area contributed by atoms with Gasteiger partial charge in [0.15, 0.2) is 0 Å². The lowest BCUT2D eigenvalue weighted by Gasteiger charge is -2.28. The Balaban J connectivity index is 1.83. The van der Waals surface area contributed by atoms with Crippen molar-refractivity contribution in [3.05, 3.63) is 83.7 Å². The van der Waals surface area contributed by atoms with Crippen LogP contribution in [0.3, 0.4) is 0 Å². The van der Waals surface area contributed by atoms with E-state index in [1.54, 1.807) is 0 Å². The van der Waals surface area contributed by atoms with E-state index in [0.717, 1.165) is 17.5 Å². The molecule has 0 amide bonds. The maximum absolute atomic E-state index is 4.75. The molecule has 4 aromatic rings. The summed E-state index contributed by atoms with van der Waals surface area (Å²) < 4.78 is 0. The van der Waals surface area contributed by atoms with Gasteiger partial charge in [0.25, 0.3) is 0 Å². The van der Waals surface area contributed by atoms with Gasteiger partial charge in [-0.1, -0.05) is 77.1 Å². The molecule has 28 heavy (non-hydrogen) atoms. The van der Waals surface area contributed by atoms with Gasteiger partial charge in [0, 0.05) is 23.2 Å². The van der Waals surface area contributed by atoms with Gasteiger partial charge in [0.1, 0.15) is 0 Å². The van der Waals surface area contributed by atoms with Crippen molar-refractivity contribution in [2.75, 3.05) is 0 Å². The maximum atomic E-state index is 4.75. The van der Waals surface area contributed by atoms with Crippen molar-refractivity contribution in [3.8, 4) is 0 Å². The molecule has 0 saturated carbocycles. The standard InChI is InChI=1S/C26H28N2/c1-25(2,3)21-12-7-11-20-19(14-16-28-24(20)21)17-26(4,5)22-13-6-9-18-10-8-15-27-23(18)22/h6-16H,17H2,1-5H3. The summed E-state index contributed by atoms with van der Waals surface area (Å²) in [6.45, 7) is 11.4. The molecule has 0 aliphatic rings. The van der Waals surface area contributed by atoms with Crippen LogP contribution in [0, 0.1) is 0 Å². The molecule has 2 aromatic heterocycles. The minimum Gasteiger partial charge on any atom is -0.256 e. The van der Waals surface area contributed by atoms with E-state index >= 15 is 0 Å². The quantitative estimate of drug-likeness (QED) is 0.407. The molecule has 0 aliphatic carbocycles. The van der Waals surface area contributed by atoms with Crippen LogP contribution in [0.25, 0.3) is 21.8 Å². The summed E-state index contributed by atoms with van der Waals surface area (Å²) in [7, 11) is 0. The molecular formula is C26H28N2. The molecule has 0 radical (unpaired) electrons. The van der Waals surface area contributed by atoms with Crippen LogP contribution in [0.2, 0.25) is 0 Å². The molecule has 4 rings (SSSR count). The second-order valence-corrected chi connectivity index (χ2v) is 9.36. The normalized spacial score (nSPS) is 12.6. The predicted octanol–water partition coefficient (Wildman–Crippen LogP) is 6.60. The van der Waals surface area contributed by atoms with Crippen LogP contribution in [-0.4, -0.2) is 9.97 Å². The van der Waals surface area contributed by atoms with Gasteiger partial charge in [-0.05, 0) is 46.1 Å². The number of hydrogen-bond acceptors (Lipinski definition) is 2. The third kappa shape index (κ3) is 3.28. The van der Waals surface area contributed by atoms with Crippen molar-refractivity contribution in [3.63, 3.8) is 0 Å². The molecule has 0 aliphatic heterocycles. The first kappa shape index (κ1) is 18.6. The maximum Gasteiger partial charge on any atom is 0.0742 e. The van der Waals surface area contributed by atoms with Crippen LogP contribution >= 0.6 is 0 Å². The molecule has 2 heteroatoms. The van der Waals surface area contributed by atoms with E-state index in [1.807, 2.05) is 18.5 Å². The highest BCUT2D eigenvalue weighted by Gasteiger charge is 2.26. The van der Waals surface area contributed by atoms with Crippen LogP contribution in [0.15, 0.2) is 67.0 Å². The predicted molar refractivity (Wildman–Crippen MR) is 119 cm³/mol. The van der Waals surface area contributed by atoms with Crippen LogP contribution in [-0.2, 0) is 17.3 Å². The zero-order valence-electron chi connectivity index (χ0n) is 17.5. The van der Waals surface area contributed by atoms with E-state index in [2.05, 4.69) is 88.1 Å². The average Bonchev–Trinajstić information content (AvgIpc) is 2.66. The molecule has 2 nitrogen and oxygen atoms in total. The smallest absolute Gasteiger partial charge is 0.0742 e. The minimum absolute atomic E-state index is 0.0418. The highest BCUT2D eigenvalue weighted by atomic mass is 14.7. The lowest BCUT2D eigenvalue weighted by Crippen LogP contribution is -2.21. The second kappa shape index (κ2) is 6.70. The zero-order valence-corrected chi connectivity index (χ0v) is 17.5. The fourth-order valence-corrected chi connectivity index (χ4v) is 4.21. The number of para-hydroxylation sites is 2. The third-order valence-corrected chi connectivity index (χ3v) is 5.66. The fourth-order valence-electron chi connectivity index (χ4n) is 4.21. The molecule has 0 spiro atoms. The molecule has 0 fully saturated rings. The van der Waals surface area contributed by atoms with Crippen molar-refractivity contribution in [2.24, 2.45) is 0 Å². The Kier molecular flexibility index (Phi) is 4.45. The fraction of sp³-hybridized carbons (Fsp3) is 0.308. The van der Waals surface area contributed by atoms with Crippen LogP contribution in [0.1, 0.15) is 51.3 Å². The Morgan fingerprint density at radius 1 is 0.679 bits per heavy atom. The molecule has 0 atom stereocenters. The van der Waals surface area contributed by atoms with Gasteiger partial charge in [-0.15, -0.1) is 0 Å². The van der Waals surface area contributed by atoms with E-state index in [-0.39, 0.29) is 10.8 Å². The van der Waals surface area contributed by atoms with Gasteiger partial charge in [0.05, 0.1) is 11.0 Å². The summed E-state index contributed by atoms with van der Waals surface area (Å²) in [5.74, 6) is 0. The van der Waals surface area contributed by atoms with E-state index < -0.39 is 0 Å². The SMILES string of the molecule is CC(C)(C)c1cccc2c(CC(C)(C)c3cccc4cccnc34)ccnc12. The Morgan fingerprint density at radius 2 is 1.36 bits per heavy atom. The summed E-state index contributed by atoms with van der Waals surface area (Å²) in [6.07, 6.45) is 4.79. The van der Waals surface area contributed by atoms with Crippen LogP contribution < -0.4 is 0 Å². The summed E-state index contributed by atoms with van der Waals surface area (Å²) in [5.41, 5.74) is 6.19. The third-order valence-electron chi connectivity index (χ3n) is 5.66. The molecule has 2 heterocycles. The highest BCUT2D eigenvalue weighted by molar-refractivity contribution is 5.86. The Morgan fingerprint density at radius 3 is 2.14 bits per heavy atom. The largest absolute Gasteiger partial charge is 0.256 e. The van der Waals surface area contributed by atoms with Crippen molar-refractivity contribution in [2.45, 2.75) is 51.9 Å². The number of benzene rings is 2. The Bertz CT molecular complexity index is 1140. The number of nitrogens with zero attached hydrogens (tertiary/aromatic N) is 2. The monoisotopic (exact) mass is 368 g/mol. The van der Waals surface area contributed by atoms with E-state index in [1.165, 1.54) is 27.5 Å². The first-order valence-electron chi connectivity index (χ1n) is 9.99. The highest BCUT2D eigenvalue weighted by Crippen LogP contribution is 2.35. The molecule has 0 saturated heterocycles. The van der Waals surface area contributed by atoms with Crippen LogP contribution in [0.5, 0.6) is 0 Å². The molecule has 0 bridgehead atoms. The summed E-state index contributed by atoms with van der Waals surface area (Å²) >= 11 is 0. The van der Waals surface area contributed by atoms with Crippen molar-refractivity contribution in [1.29, 1.82) is 0 Å². The molecule has 142 valence electrons. The number of rotatable bonds is 3. The summed E-state index contributed by atoms with van der Waals surface area (Å²) in [4.78, 5) is 9.43. The van der Waals surface area contributed by atoms with Gasteiger partial charge in [-0.2, -0.15) is 0 Å². The number of pyridine rings is 2. The number of hydrogen-bond donors (Lipinski definition) is 0. The van der Waals surface area contributed by atoms with Gasteiger partial charge in [-0.25, -0.2) is 0 Å². The minimum atomic E-state index is -0.0418. The van der Waals surface area contributed by atoms with Gasteiger partial charge < -0.3 is 0 Å². The van der Waals surface area contributed by atoms with E-state index in [0.29, 0.717) is 0 Å². The number of aromatic nitrogens is 2. The van der Waals surface area contributed by atoms with Crippen molar-refractivity contribution in [1.82, 2.24) is 9.97 Å². The first-order chi connectivity index (χ1) is 13.3. The number of fused-ring (bicyclic) bond motifs is 2. The molecule has 0 unspecified atom stereocenters. The van der Waals surface area contributed by atoms with Gasteiger partial charge in [0.2, 0.25) is 0 Å². The Hall–Kier alpha value is -2.74. The lowest BCUT2D eigenvalue weighted by molar-refractivity contribution is 0.527. The van der Waals surface area contributed by atoms with Crippen molar-refractivity contribution < 1.29 is 0 Å². The van der Waals surface area contributed by atoms with Gasteiger partial charge in [-0.3, -0.25) is 9.97 Å². The van der Waals surface area contributed by atoms with Crippen LogP contribution in [0.4, 0.5) is 0 Å². The van der Waals surface area contributed by atoms with Gasteiger partial charge >= 0.3 is 0 Å². The zero-order chi connectivity index (χ0) is 19.9. The molecular weight excluding hydrogens is 340 g/mol. The van der Waals surface area contributed by atoms with E-state index in [4.69, 9.17) is 4.98 Å². The molecule has 0 N–H and O–H groups in total. The summed E-state index contributed by atoms with van der Waals surface area (Å²) in [6, 6.07) is 19.4. The lowest BCUT2D eigenvalue weighted by atomic mass is 9.77. The van der Waals surface area contributed by atoms with E-state index in [9.17, 15) is 0 Å². The first-order valence-corrected chi connectivity index (χ1v) is 9.99. The van der Waals surface area contributed by atoms with Crippen molar-refractivity contribution >= 4 is 21.8 Å². The summed E-state index contributed by atoms with van der Waals surface area (Å²) in [5, 5.41) is 2.46. The Labute approximate surface area is 167 Å².